The minimum atomic E-state index is -0.114. The van der Waals surface area contributed by atoms with Crippen LogP contribution < -0.4 is 0 Å². The van der Waals surface area contributed by atoms with Gasteiger partial charge in [-0.25, -0.2) is 0 Å². The summed E-state index contributed by atoms with van der Waals surface area (Å²) < 4.78 is 0. The van der Waals surface area contributed by atoms with Crippen LogP contribution in [-0.4, -0.2) is 11.2 Å². The van der Waals surface area contributed by atoms with Crippen molar-refractivity contribution in [1.29, 1.82) is 0 Å². The lowest BCUT2D eigenvalue weighted by Gasteiger charge is -2.55. The molecule has 1 nitrogen and oxygen atoms in total. The minimum absolute atomic E-state index is 0.114. The van der Waals surface area contributed by atoms with Crippen LogP contribution in [0.5, 0.6) is 0 Å². The van der Waals surface area contributed by atoms with Crippen molar-refractivity contribution in [3.63, 3.8) is 0 Å². The van der Waals surface area contributed by atoms with Crippen molar-refractivity contribution >= 4 is 0 Å². The number of allylic oxidation sites excluding steroid dienone is 5. The summed E-state index contributed by atoms with van der Waals surface area (Å²) >= 11 is 0. The zero-order valence-corrected chi connectivity index (χ0v) is 18.9. The van der Waals surface area contributed by atoms with E-state index >= 15 is 0 Å². The second kappa shape index (κ2) is 7.46. The van der Waals surface area contributed by atoms with E-state index in [4.69, 9.17) is 0 Å². The molecule has 4 aliphatic rings. The van der Waals surface area contributed by atoms with Gasteiger partial charge in [-0.2, -0.15) is 0 Å². The number of fused-ring (bicyclic) bond motifs is 5. The number of aliphatic hydroxyl groups is 1. The minimum Gasteiger partial charge on any atom is -0.393 e. The predicted molar refractivity (Wildman–Crippen MR) is 119 cm³/mol. The molecular weight excluding hydrogens is 340 g/mol. The average molecular weight is 383 g/mol. The van der Waals surface area contributed by atoms with E-state index in [2.05, 4.69) is 58.9 Å². The summed E-state index contributed by atoms with van der Waals surface area (Å²) in [5.74, 6) is 3.72. The van der Waals surface area contributed by atoms with Gasteiger partial charge in [-0.05, 0) is 85.4 Å². The van der Waals surface area contributed by atoms with Gasteiger partial charge in [-0.15, -0.1) is 0 Å². The molecule has 4 aliphatic carbocycles. The summed E-state index contributed by atoms with van der Waals surface area (Å²) in [6.07, 6.45) is 19.6. The third-order valence-corrected chi connectivity index (χ3v) is 9.64. The Balaban J connectivity index is 1.59. The molecule has 3 saturated carbocycles. The molecule has 0 spiro atoms. The predicted octanol–water partition coefficient (Wildman–Crippen LogP) is 7.08. The fourth-order valence-corrected chi connectivity index (χ4v) is 7.52. The van der Waals surface area contributed by atoms with Crippen LogP contribution in [0, 0.1) is 40.4 Å². The van der Waals surface area contributed by atoms with Gasteiger partial charge in [-0.1, -0.05) is 76.5 Å². The molecule has 0 aliphatic heterocycles. The molecule has 0 aromatic rings. The van der Waals surface area contributed by atoms with Crippen LogP contribution in [0.3, 0.4) is 0 Å². The van der Waals surface area contributed by atoms with Crippen molar-refractivity contribution in [2.45, 2.75) is 92.1 Å². The molecule has 0 bridgehead atoms. The van der Waals surface area contributed by atoms with Crippen LogP contribution in [0.1, 0.15) is 86.0 Å². The first-order valence-electron chi connectivity index (χ1n) is 12.1. The normalized spacial score (nSPS) is 44.9. The van der Waals surface area contributed by atoms with Crippen molar-refractivity contribution in [2.24, 2.45) is 40.4 Å². The largest absolute Gasteiger partial charge is 0.393 e. The summed E-state index contributed by atoms with van der Waals surface area (Å²) in [6.45, 7) is 12.2. The highest BCUT2D eigenvalue weighted by atomic mass is 16.3. The maximum atomic E-state index is 10.2. The molecule has 28 heavy (non-hydrogen) atoms. The Morgan fingerprint density at radius 3 is 2.57 bits per heavy atom. The fourth-order valence-electron chi connectivity index (χ4n) is 7.52. The third kappa shape index (κ3) is 3.17. The van der Waals surface area contributed by atoms with E-state index in [1.165, 1.54) is 44.1 Å². The van der Waals surface area contributed by atoms with Crippen molar-refractivity contribution < 1.29 is 5.11 Å². The fraction of sp³-hybridized carbons (Fsp3) is 0.778. The first-order valence-corrected chi connectivity index (χ1v) is 12.1. The number of hydrogen-bond acceptors (Lipinski definition) is 1. The highest BCUT2D eigenvalue weighted by Gasteiger charge is 2.56. The molecule has 0 amide bonds. The Morgan fingerprint density at radius 2 is 1.82 bits per heavy atom. The second-order valence-electron chi connectivity index (χ2n) is 11.1. The Labute approximate surface area is 173 Å². The highest BCUT2D eigenvalue weighted by Crippen LogP contribution is 2.65. The van der Waals surface area contributed by atoms with Gasteiger partial charge in [0.25, 0.3) is 0 Å². The van der Waals surface area contributed by atoms with Crippen molar-refractivity contribution in [3.8, 4) is 0 Å². The van der Waals surface area contributed by atoms with E-state index in [1.54, 1.807) is 5.57 Å². The molecule has 8 unspecified atom stereocenters. The molecule has 1 N–H and O–H groups in total. The summed E-state index contributed by atoms with van der Waals surface area (Å²) in [4.78, 5) is 0. The van der Waals surface area contributed by atoms with E-state index in [-0.39, 0.29) is 6.10 Å². The van der Waals surface area contributed by atoms with Crippen molar-refractivity contribution in [3.05, 3.63) is 35.5 Å². The van der Waals surface area contributed by atoms with E-state index in [9.17, 15) is 5.11 Å². The van der Waals surface area contributed by atoms with Gasteiger partial charge in [0.2, 0.25) is 0 Å². The third-order valence-electron chi connectivity index (χ3n) is 9.64. The second-order valence-corrected chi connectivity index (χ2v) is 11.1. The topological polar surface area (TPSA) is 20.2 Å². The Bertz CT molecular complexity index is 684. The van der Waals surface area contributed by atoms with E-state index in [0.29, 0.717) is 22.7 Å². The van der Waals surface area contributed by atoms with E-state index < -0.39 is 0 Å². The summed E-state index contributed by atoms with van der Waals surface area (Å²) in [6, 6.07) is 0. The van der Waals surface area contributed by atoms with Crippen molar-refractivity contribution in [1.82, 2.24) is 0 Å². The molecule has 156 valence electrons. The van der Waals surface area contributed by atoms with Crippen LogP contribution >= 0.6 is 0 Å². The smallest absolute Gasteiger partial charge is 0.0578 e. The van der Waals surface area contributed by atoms with Gasteiger partial charge in [0, 0.05) is 0 Å². The molecule has 1 heteroatoms. The van der Waals surface area contributed by atoms with Gasteiger partial charge in [-0.3, -0.25) is 0 Å². The molecule has 8 atom stereocenters. The lowest BCUT2D eigenvalue weighted by atomic mass is 9.50. The van der Waals surface area contributed by atoms with Crippen LogP contribution in [0.15, 0.2) is 35.5 Å². The van der Waals surface area contributed by atoms with Crippen molar-refractivity contribution in [2.75, 3.05) is 0 Å². The van der Waals surface area contributed by atoms with Gasteiger partial charge < -0.3 is 5.11 Å². The van der Waals surface area contributed by atoms with Gasteiger partial charge in [0.15, 0.2) is 0 Å². The quantitative estimate of drug-likeness (QED) is 0.515. The number of aliphatic hydroxyl groups excluding tert-OH is 1. The maximum Gasteiger partial charge on any atom is 0.0578 e. The first kappa shape index (κ1) is 20.5. The lowest BCUT2D eigenvalue weighted by molar-refractivity contribution is 0.0382. The Kier molecular flexibility index (Phi) is 5.45. The van der Waals surface area contributed by atoms with E-state index in [0.717, 1.165) is 30.6 Å². The first-order chi connectivity index (χ1) is 13.3. The highest BCUT2D eigenvalue weighted by molar-refractivity contribution is 5.39. The Morgan fingerprint density at radius 1 is 1.04 bits per heavy atom. The molecule has 3 fully saturated rings. The van der Waals surface area contributed by atoms with Crippen LogP contribution in [0.25, 0.3) is 0 Å². The summed E-state index contributed by atoms with van der Waals surface area (Å²) in [5, 5.41) is 10.2. The molecular formula is C27H42O. The van der Waals surface area contributed by atoms with Gasteiger partial charge in [0.1, 0.15) is 0 Å². The number of rotatable bonds is 4. The molecule has 0 aromatic heterocycles. The van der Waals surface area contributed by atoms with Gasteiger partial charge >= 0.3 is 0 Å². The SMILES string of the molecule is CCC(C)/C=C/C(C)C1CCC2C3=CC=C4CC(O)CCC4(C)C3CCC21C. The summed E-state index contributed by atoms with van der Waals surface area (Å²) in [5.41, 5.74) is 4.09. The number of hydrogen-bond donors (Lipinski definition) is 1. The van der Waals surface area contributed by atoms with Crippen LogP contribution in [-0.2, 0) is 0 Å². The van der Waals surface area contributed by atoms with E-state index in [1.807, 2.05) is 0 Å². The molecule has 0 heterocycles. The van der Waals surface area contributed by atoms with Crippen LogP contribution in [0.4, 0.5) is 0 Å². The zero-order valence-electron chi connectivity index (χ0n) is 18.9. The molecule has 0 saturated heterocycles. The molecule has 4 rings (SSSR count). The maximum absolute atomic E-state index is 10.2. The lowest BCUT2D eigenvalue weighted by Crippen LogP contribution is -2.46. The summed E-state index contributed by atoms with van der Waals surface area (Å²) in [7, 11) is 0. The van der Waals surface area contributed by atoms with Crippen LogP contribution in [0.2, 0.25) is 0 Å². The van der Waals surface area contributed by atoms with Gasteiger partial charge in [0.05, 0.1) is 6.10 Å². The zero-order chi connectivity index (χ0) is 20.1. The molecule has 0 aromatic carbocycles. The standard InChI is InChI=1S/C27H42O/c1-6-18(2)7-8-19(3)23-11-12-24-22-10-9-20-17-21(28)13-15-26(20,4)25(22)14-16-27(23,24)5/h7-10,18-19,21,23-25,28H,6,11-17H2,1-5H3/b8-7+. The average Bonchev–Trinajstić information content (AvgIpc) is 3.03. The Hall–Kier alpha value is -0.820. The molecule has 0 radical (unpaired) electrons. The monoisotopic (exact) mass is 382 g/mol.